The van der Waals surface area contributed by atoms with Crippen LogP contribution in [0.3, 0.4) is 0 Å². The van der Waals surface area contributed by atoms with Gasteiger partial charge in [0.1, 0.15) is 11.2 Å². The molecule has 198 valence electrons. The van der Waals surface area contributed by atoms with Crippen LogP contribution in [0.25, 0.3) is 22.8 Å². The molecule has 0 fully saturated rings. The first-order valence-electron chi connectivity index (χ1n) is 12.6. The van der Waals surface area contributed by atoms with Crippen LogP contribution in [0, 0.1) is 0 Å². The maximum Gasteiger partial charge on any atom is 0.376 e. The number of carbonyl (C=O) groups excluding carboxylic acids is 2. The number of nitrogens with one attached hydrogen (secondary N) is 2. The van der Waals surface area contributed by atoms with E-state index in [1.807, 2.05) is 74.5 Å². The quantitative estimate of drug-likeness (QED) is 0.197. The summed E-state index contributed by atoms with van der Waals surface area (Å²) in [6.45, 7) is 7.56. The number of hydrogen-bond donors (Lipinski definition) is 2. The van der Waals surface area contributed by atoms with Gasteiger partial charge in [-0.05, 0) is 26.7 Å². The van der Waals surface area contributed by atoms with Crippen molar-refractivity contribution in [2.45, 2.75) is 58.2 Å². The molecule has 2 N–H and O–H groups in total. The Balaban J connectivity index is 1.37. The minimum absolute atomic E-state index is 0.0176. The number of aromatic nitrogens is 6. The zero-order chi connectivity index (χ0) is 27.2. The van der Waals surface area contributed by atoms with Gasteiger partial charge in [0.2, 0.25) is 11.6 Å². The van der Waals surface area contributed by atoms with Gasteiger partial charge in [-0.1, -0.05) is 74.5 Å². The standard InChI is InChI=1S/C28H32N6O4/c1-5-28(6-2,21(35)24-29-22(31-33-24)19-13-9-7-10-14-19)37-18-17-27(3,4)38-26(36)25-30-23(32-34-25)20-15-11-8-12-16-20/h7-16H,5-6,17-18H2,1-4H3,(H,29,31,33)(H,30,32,34). The van der Waals surface area contributed by atoms with Crippen molar-refractivity contribution in [2.24, 2.45) is 0 Å². The summed E-state index contributed by atoms with van der Waals surface area (Å²) < 4.78 is 11.9. The first kappa shape index (κ1) is 26.9. The van der Waals surface area contributed by atoms with Crippen LogP contribution < -0.4 is 0 Å². The van der Waals surface area contributed by atoms with Gasteiger partial charge >= 0.3 is 5.97 Å². The number of aromatic amines is 2. The van der Waals surface area contributed by atoms with Crippen LogP contribution in [0.1, 0.15) is 68.2 Å². The molecule has 38 heavy (non-hydrogen) atoms. The Morgan fingerprint density at radius 2 is 1.29 bits per heavy atom. The van der Waals surface area contributed by atoms with Crippen molar-refractivity contribution in [3.8, 4) is 22.8 Å². The molecule has 0 aliphatic carbocycles. The SMILES string of the molecule is CCC(CC)(OCCC(C)(C)OC(=O)c1nc(-c2ccccc2)n[nH]1)C(=O)c1nc(-c2ccccc2)n[nH]1. The molecule has 0 atom stereocenters. The van der Waals surface area contributed by atoms with E-state index < -0.39 is 17.2 Å². The van der Waals surface area contributed by atoms with Crippen LogP contribution in [0.5, 0.6) is 0 Å². The highest BCUT2D eigenvalue weighted by molar-refractivity contribution is 5.99. The lowest BCUT2D eigenvalue weighted by atomic mass is 9.91. The summed E-state index contributed by atoms with van der Waals surface area (Å²) in [7, 11) is 0. The maximum absolute atomic E-state index is 13.4. The molecule has 4 rings (SSSR count). The molecule has 0 saturated carbocycles. The van der Waals surface area contributed by atoms with Crippen LogP contribution in [0.15, 0.2) is 60.7 Å². The molecule has 0 bridgehead atoms. The average molecular weight is 517 g/mol. The predicted molar refractivity (Wildman–Crippen MR) is 141 cm³/mol. The van der Waals surface area contributed by atoms with Gasteiger partial charge < -0.3 is 9.47 Å². The lowest BCUT2D eigenvalue weighted by Gasteiger charge is -2.31. The third-order valence-corrected chi connectivity index (χ3v) is 6.45. The Hall–Kier alpha value is -4.18. The van der Waals surface area contributed by atoms with E-state index in [-0.39, 0.29) is 24.0 Å². The molecule has 0 unspecified atom stereocenters. The number of ketones is 1. The lowest BCUT2D eigenvalue weighted by Crippen LogP contribution is -2.42. The monoisotopic (exact) mass is 516 g/mol. The smallest absolute Gasteiger partial charge is 0.376 e. The molecular weight excluding hydrogens is 484 g/mol. The Morgan fingerprint density at radius 3 is 1.82 bits per heavy atom. The lowest BCUT2D eigenvalue weighted by molar-refractivity contribution is -0.0596. The van der Waals surface area contributed by atoms with E-state index in [4.69, 9.17) is 9.47 Å². The number of H-pyrrole nitrogens is 2. The van der Waals surface area contributed by atoms with Crippen molar-refractivity contribution >= 4 is 11.8 Å². The molecular formula is C28H32N6O4. The molecule has 2 heterocycles. The van der Waals surface area contributed by atoms with Gasteiger partial charge in [-0.2, -0.15) is 10.2 Å². The van der Waals surface area contributed by atoms with Crippen LogP contribution in [-0.4, -0.2) is 59.9 Å². The van der Waals surface area contributed by atoms with Crippen molar-refractivity contribution < 1.29 is 19.1 Å². The van der Waals surface area contributed by atoms with E-state index in [0.717, 1.165) is 11.1 Å². The number of benzene rings is 2. The van der Waals surface area contributed by atoms with E-state index in [1.165, 1.54) is 0 Å². The van der Waals surface area contributed by atoms with Crippen molar-refractivity contribution in [3.63, 3.8) is 0 Å². The maximum atomic E-state index is 13.4. The second-order valence-corrected chi connectivity index (χ2v) is 9.53. The molecule has 2 aromatic heterocycles. The molecule has 4 aromatic rings. The predicted octanol–water partition coefficient (Wildman–Crippen LogP) is 5.04. The van der Waals surface area contributed by atoms with Crippen molar-refractivity contribution in [3.05, 3.63) is 72.3 Å². The van der Waals surface area contributed by atoms with Gasteiger partial charge in [0.15, 0.2) is 17.5 Å². The highest BCUT2D eigenvalue weighted by Crippen LogP contribution is 2.27. The van der Waals surface area contributed by atoms with E-state index in [2.05, 4.69) is 30.4 Å². The molecule has 10 heteroatoms. The third-order valence-electron chi connectivity index (χ3n) is 6.45. The number of carbonyl (C=O) groups is 2. The molecule has 0 radical (unpaired) electrons. The minimum atomic E-state index is -1.08. The molecule has 2 aromatic carbocycles. The number of esters is 1. The Labute approximate surface area is 221 Å². The summed E-state index contributed by atoms with van der Waals surface area (Å²) in [6, 6.07) is 18.8. The van der Waals surface area contributed by atoms with Crippen LogP contribution >= 0.6 is 0 Å². The van der Waals surface area contributed by atoms with Crippen LogP contribution in [-0.2, 0) is 9.47 Å². The van der Waals surface area contributed by atoms with Gasteiger partial charge in [0.05, 0.1) is 6.61 Å². The Kier molecular flexibility index (Phi) is 8.11. The fraction of sp³-hybridized carbons (Fsp3) is 0.357. The molecule has 0 amide bonds. The second kappa shape index (κ2) is 11.5. The summed E-state index contributed by atoms with van der Waals surface area (Å²) in [5.74, 6) is 0.152. The van der Waals surface area contributed by atoms with Gasteiger partial charge in [0.25, 0.3) is 0 Å². The Bertz CT molecular complexity index is 1360. The van der Waals surface area contributed by atoms with E-state index in [9.17, 15) is 9.59 Å². The average Bonchev–Trinajstić information content (AvgIpc) is 3.63. The summed E-state index contributed by atoms with van der Waals surface area (Å²) in [5.41, 5.74) is -0.352. The molecule has 0 spiro atoms. The molecule has 0 aliphatic rings. The van der Waals surface area contributed by atoms with Crippen LogP contribution in [0.2, 0.25) is 0 Å². The van der Waals surface area contributed by atoms with Crippen molar-refractivity contribution in [1.29, 1.82) is 0 Å². The number of hydrogen-bond acceptors (Lipinski definition) is 8. The largest absolute Gasteiger partial charge is 0.454 e. The highest BCUT2D eigenvalue weighted by atomic mass is 16.6. The summed E-state index contributed by atoms with van der Waals surface area (Å²) >= 11 is 0. The first-order valence-corrected chi connectivity index (χ1v) is 12.6. The molecule has 10 nitrogen and oxygen atoms in total. The fourth-order valence-corrected chi connectivity index (χ4v) is 4.05. The van der Waals surface area contributed by atoms with Gasteiger partial charge in [-0.15, -0.1) is 0 Å². The van der Waals surface area contributed by atoms with Crippen molar-refractivity contribution in [2.75, 3.05) is 6.61 Å². The van der Waals surface area contributed by atoms with E-state index >= 15 is 0 Å². The number of nitrogens with zero attached hydrogens (tertiary/aromatic N) is 4. The normalized spacial score (nSPS) is 11.9. The summed E-state index contributed by atoms with van der Waals surface area (Å²) in [6.07, 6.45) is 1.26. The third kappa shape index (κ3) is 6.03. The summed E-state index contributed by atoms with van der Waals surface area (Å²) in [5, 5.41) is 13.7. The van der Waals surface area contributed by atoms with Gasteiger partial charge in [0, 0.05) is 17.5 Å². The molecule has 0 saturated heterocycles. The zero-order valence-electron chi connectivity index (χ0n) is 22.0. The first-order chi connectivity index (χ1) is 18.3. The summed E-state index contributed by atoms with van der Waals surface area (Å²) in [4.78, 5) is 34.8. The fourth-order valence-electron chi connectivity index (χ4n) is 4.05. The topological polar surface area (TPSA) is 136 Å². The minimum Gasteiger partial charge on any atom is -0.454 e. The van der Waals surface area contributed by atoms with E-state index in [1.54, 1.807) is 13.8 Å². The number of rotatable bonds is 12. The second-order valence-electron chi connectivity index (χ2n) is 9.53. The van der Waals surface area contributed by atoms with Crippen molar-refractivity contribution in [1.82, 2.24) is 30.4 Å². The van der Waals surface area contributed by atoms with Crippen LogP contribution in [0.4, 0.5) is 0 Å². The number of ether oxygens (including phenoxy) is 2. The zero-order valence-corrected chi connectivity index (χ0v) is 22.0. The molecule has 0 aliphatic heterocycles. The number of Topliss-reactive ketones (excluding diaryl/α,β-unsaturated/α-hetero) is 1. The Morgan fingerprint density at radius 1 is 0.789 bits per heavy atom. The van der Waals surface area contributed by atoms with Gasteiger partial charge in [-0.3, -0.25) is 15.0 Å². The van der Waals surface area contributed by atoms with E-state index in [0.29, 0.717) is 30.9 Å². The van der Waals surface area contributed by atoms with Gasteiger partial charge in [-0.25, -0.2) is 14.8 Å². The highest BCUT2D eigenvalue weighted by Gasteiger charge is 2.39.